The summed E-state index contributed by atoms with van der Waals surface area (Å²) < 4.78 is 1.42. The molecule has 0 amide bonds. The Morgan fingerprint density at radius 3 is 3.18 bits per heavy atom. The van der Waals surface area contributed by atoms with E-state index in [1.54, 1.807) is 18.3 Å². The van der Waals surface area contributed by atoms with Crippen molar-refractivity contribution in [3.63, 3.8) is 0 Å². The van der Waals surface area contributed by atoms with Crippen LogP contribution in [0.1, 0.15) is 10.4 Å². The third-order valence-electron chi connectivity index (χ3n) is 1.46. The van der Waals surface area contributed by atoms with Crippen LogP contribution in [0.3, 0.4) is 0 Å². The summed E-state index contributed by atoms with van der Waals surface area (Å²) in [4.78, 5) is 10.4. The smallest absolute Gasteiger partial charge is 0.153 e. The van der Waals surface area contributed by atoms with Crippen molar-refractivity contribution in [3.8, 4) is 0 Å². The van der Waals surface area contributed by atoms with Crippen molar-refractivity contribution in [2.75, 3.05) is 0 Å². The molecular weight excluding hydrogens is 142 g/mol. The third kappa shape index (κ3) is 0.797. The first-order valence-electron chi connectivity index (χ1n) is 3.16. The summed E-state index contributed by atoms with van der Waals surface area (Å²) in [6.45, 7) is 0. The van der Waals surface area contributed by atoms with Gasteiger partial charge in [0, 0.05) is 6.20 Å². The van der Waals surface area contributed by atoms with Crippen LogP contribution in [-0.4, -0.2) is 21.1 Å². The van der Waals surface area contributed by atoms with Crippen LogP contribution in [0.25, 0.3) is 5.52 Å². The molecule has 0 saturated heterocycles. The van der Waals surface area contributed by atoms with Crippen LogP contribution < -0.4 is 0 Å². The molecule has 11 heavy (non-hydrogen) atoms. The Hall–Kier alpha value is -1.71. The van der Waals surface area contributed by atoms with E-state index in [0.717, 1.165) is 11.8 Å². The van der Waals surface area contributed by atoms with Crippen molar-refractivity contribution in [2.45, 2.75) is 0 Å². The monoisotopic (exact) mass is 147 g/mol. The van der Waals surface area contributed by atoms with Gasteiger partial charge < -0.3 is 0 Å². The van der Waals surface area contributed by atoms with Gasteiger partial charge in [-0.05, 0) is 12.1 Å². The fourth-order valence-electron chi connectivity index (χ4n) is 0.942. The molecule has 0 bridgehead atoms. The van der Waals surface area contributed by atoms with Gasteiger partial charge >= 0.3 is 0 Å². The van der Waals surface area contributed by atoms with Crippen molar-refractivity contribution in [2.24, 2.45) is 0 Å². The molecule has 0 N–H and O–H groups in total. The van der Waals surface area contributed by atoms with Crippen LogP contribution in [0.4, 0.5) is 0 Å². The van der Waals surface area contributed by atoms with Crippen LogP contribution in [-0.2, 0) is 0 Å². The lowest BCUT2D eigenvalue weighted by Gasteiger charge is -1.87. The Kier molecular flexibility index (Phi) is 1.18. The normalized spacial score (nSPS) is 10.2. The molecule has 0 saturated carbocycles. The fourth-order valence-corrected chi connectivity index (χ4v) is 0.942. The zero-order chi connectivity index (χ0) is 7.68. The lowest BCUT2D eigenvalue weighted by Crippen LogP contribution is -1.90. The van der Waals surface area contributed by atoms with Crippen molar-refractivity contribution in [1.29, 1.82) is 0 Å². The van der Waals surface area contributed by atoms with E-state index in [9.17, 15) is 4.79 Å². The van der Waals surface area contributed by atoms with E-state index in [1.165, 1.54) is 10.8 Å². The number of hydrogen-bond donors (Lipinski definition) is 0. The Balaban J connectivity index is 2.86. The number of aldehydes is 1. The maximum Gasteiger partial charge on any atom is 0.153 e. The van der Waals surface area contributed by atoms with Crippen molar-refractivity contribution < 1.29 is 4.79 Å². The molecule has 2 aromatic heterocycles. The molecule has 0 spiro atoms. The summed E-state index contributed by atoms with van der Waals surface area (Å²) in [7, 11) is 0. The van der Waals surface area contributed by atoms with Crippen LogP contribution in [0.15, 0.2) is 24.5 Å². The van der Waals surface area contributed by atoms with Crippen molar-refractivity contribution >= 4 is 11.8 Å². The second kappa shape index (κ2) is 2.16. The molecule has 0 fully saturated rings. The predicted molar refractivity (Wildman–Crippen MR) is 38.4 cm³/mol. The van der Waals surface area contributed by atoms with Crippen molar-refractivity contribution in [3.05, 3.63) is 30.1 Å². The molecule has 2 aromatic rings. The molecule has 2 rings (SSSR count). The minimum Gasteiger partial charge on any atom is -0.298 e. The number of aromatic nitrogens is 3. The standard InChI is InChI=1S/C7H5N3O/c11-5-6-4-9-10-7(6)2-1-3-8-10/h1-5H. The van der Waals surface area contributed by atoms with Gasteiger partial charge in [0.2, 0.25) is 0 Å². The Labute approximate surface area is 62.5 Å². The number of carbonyl (C=O) groups is 1. The van der Waals surface area contributed by atoms with E-state index in [2.05, 4.69) is 10.2 Å². The highest BCUT2D eigenvalue weighted by molar-refractivity contribution is 5.85. The Morgan fingerprint density at radius 1 is 1.45 bits per heavy atom. The third-order valence-corrected chi connectivity index (χ3v) is 1.46. The summed E-state index contributed by atoms with van der Waals surface area (Å²) in [6.07, 6.45) is 3.88. The molecular formula is C7H5N3O. The van der Waals surface area contributed by atoms with Gasteiger partial charge in [0.15, 0.2) is 6.29 Å². The van der Waals surface area contributed by atoms with E-state index < -0.39 is 0 Å². The lowest BCUT2D eigenvalue weighted by molar-refractivity contribution is 0.112. The quantitative estimate of drug-likeness (QED) is 0.553. The number of fused-ring (bicyclic) bond motifs is 1. The van der Waals surface area contributed by atoms with Gasteiger partial charge in [0.25, 0.3) is 0 Å². The number of hydrogen-bond acceptors (Lipinski definition) is 3. The zero-order valence-electron chi connectivity index (χ0n) is 5.64. The fraction of sp³-hybridized carbons (Fsp3) is 0. The zero-order valence-corrected chi connectivity index (χ0v) is 5.64. The van der Waals surface area contributed by atoms with Gasteiger partial charge in [0.1, 0.15) is 0 Å². The average molecular weight is 147 g/mol. The maximum absolute atomic E-state index is 10.4. The molecule has 0 radical (unpaired) electrons. The van der Waals surface area contributed by atoms with Crippen LogP contribution in [0.2, 0.25) is 0 Å². The molecule has 4 heteroatoms. The van der Waals surface area contributed by atoms with Crippen LogP contribution >= 0.6 is 0 Å². The summed E-state index contributed by atoms with van der Waals surface area (Å²) >= 11 is 0. The maximum atomic E-state index is 10.4. The second-order valence-corrected chi connectivity index (χ2v) is 2.12. The molecule has 0 aliphatic heterocycles. The van der Waals surface area contributed by atoms with Crippen LogP contribution in [0, 0.1) is 0 Å². The number of nitrogens with zero attached hydrogens (tertiary/aromatic N) is 3. The highest BCUT2D eigenvalue weighted by Crippen LogP contribution is 2.04. The highest BCUT2D eigenvalue weighted by Gasteiger charge is 2.00. The molecule has 0 aliphatic rings. The topological polar surface area (TPSA) is 47.3 Å². The van der Waals surface area contributed by atoms with E-state index in [-0.39, 0.29) is 0 Å². The Morgan fingerprint density at radius 2 is 2.36 bits per heavy atom. The SMILES string of the molecule is O=Cc1cnn2ncccc12. The highest BCUT2D eigenvalue weighted by atomic mass is 16.1. The predicted octanol–water partition coefficient (Wildman–Crippen LogP) is 0.542. The average Bonchev–Trinajstić information content (AvgIpc) is 2.47. The van der Waals surface area contributed by atoms with E-state index in [0.29, 0.717) is 5.56 Å². The van der Waals surface area contributed by atoms with Crippen LogP contribution in [0.5, 0.6) is 0 Å². The minimum absolute atomic E-state index is 0.568. The molecule has 54 valence electrons. The Bertz CT molecular complexity index is 393. The summed E-state index contributed by atoms with van der Waals surface area (Å²) in [5, 5.41) is 7.76. The minimum atomic E-state index is 0.568. The van der Waals surface area contributed by atoms with E-state index in [1.807, 2.05) is 0 Å². The first kappa shape index (κ1) is 6.03. The van der Waals surface area contributed by atoms with Gasteiger partial charge in [-0.25, -0.2) is 0 Å². The van der Waals surface area contributed by atoms with E-state index >= 15 is 0 Å². The molecule has 0 unspecified atom stereocenters. The number of rotatable bonds is 1. The van der Waals surface area contributed by atoms with Gasteiger partial charge in [0.05, 0.1) is 17.3 Å². The molecule has 0 aromatic carbocycles. The summed E-state index contributed by atoms with van der Waals surface area (Å²) in [6, 6.07) is 3.56. The first-order chi connectivity index (χ1) is 5.42. The lowest BCUT2D eigenvalue weighted by atomic mass is 10.3. The van der Waals surface area contributed by atoms with Gasteiger partial charge in [-0.1, -0.05) is 0 Å². The molecule has 0 aliphatic carbocycles. The molecule has 4 nitrogen and oxygen atoms in total. The summed E-state index contributed by atoms with van der Waals surface area (Å²) in [5.41, 5.74) is 1.31. The first-order valence-corrected chi connectivity index (χ1v) is 3.16. The molecule has 0 atom stereocenters. The van der Waals surface area contributed by atoms with Gasteiger partial charge in [-0.3, -0.25) is 4.79 Å². The number of carbonyl (C=O) groups excluding carboxylic acids is 1. The van der Waals surface area contributed by atoms with Gasteiger partial charge in [-0.15, -0.1) is 0 Å². The van der Waals surface area contributed by atoms with Crippen molar-refractivity contribution in [1.82, 2.24) is 14.8 Å². The van der Waals surface area contributed by atoms with E-state index in [4.69, 9.17) is 0 Å². The molecule has 2 heterocycles. The second-order valence-electron chi connectivity index (χ2n) is 2.12. The summed E-state index contributed by atoms with van der Waals surface area (Å²) in [5.74, 6) is 0. The largest absolute Gasteiger partial charge is 0.298 e. The van der Waals surface area contributed by atoms with Gasteiger partial charge in [-0.2, -0.15) is 14.8 Å².